The second kappa shape index (κ2) is 6.59. The summed E-state index contributed by atoms with van der Waals surface area (Å²) >= 11 is 3.62. The number of methoxy groups -OCH3 is 2. The molecule has 2 rings (SSSR count). The zero-order valence-corrected chi connectivity index (χ0v) is 13.3. The first-order valence-corrected chi connectivity index (χ1v) is 7.29. The fourth-order valence-electron chi connectivity index (χ4n) is 2.42. The number of hydrogen-bond acceptors (Lipinski definition) is 4. The normalized spacial score (nSPS) is 20.3. The van der Waals surface area contributed by atoms with E-state index in [-0.39, 0.29) is 0 Å². The van der Waals surface area contributed by atoms with Crippen LogP contribution in [0.2, 0.25) is 0 Å². The number of nitrogens with zero attached hydrogens (tertiary/aromatic N) is 1. The third-order valence-corrected chi connectivity index (χ3v) is 4.13. The van der Waals surface area contributed by atoms with Crippen LogP contribution in [0.25, 0.3) is 0 Å². The maximum Gasteiger partial charge on any atom is 0.128 e. The van der Waals surface area contributed by atoms with Crippen molar-refractivity contribution in [3.05, 3.63) is 22.2 Å². The second-order valence-electron chi connectivity index (χ2n) is 4.88. The highest BCUT2D eigenvalue weighted by molar-refractivity contribution is 9.10. The van der Waals surface area contributed by atoms with E-state index in [4.69, 9.17) is 9.47 Å². The molecule has 0 unspecified atom stereocenters. The van der Waals surface area contributed by atoms with Crippen LogP contribution in [0.3, 0.4) is 0 Å². The van der Waals surface area contributed by atoms with Gasteiger partial charge in [-0.2, -0.15) is 0 Å². The molecule has 4 nitrogen and oxygen atoms in total. The highest BCUT2D eigenvalue weighted by Gasteiger charge is 2.19. The molecule has 5 heteroatoms. The number of rotatable bonds is 4. The fourth-order valence-corrected chi connectivity index (χ4v) is 2.97. The SMILES string of the molecule is COc1cc(Br)c(CN2CCN[C@@H](C)C2)c(OC)c1. The maximum absolute atomic E-state index is 5.48. The first-order valence-electron chi connectivity index (χ1n) is 6.50. The van der Waals surface area contributed by atoms with Crippen LogP contribution < -0.4 is 14.8 Å². The number of piperazine rings is 1. The molecule has 0 bridgehead atoms. The Morgan fingerprint density at radius 3 is 2.79 bits per heavy atom. The average molecular weight is 329 g/mol. The maximum atomic E-state index is 5.48. The minimum absolute atomic E-state index is 0.539. The third-order valence-electron chi connectivity index (χ3n) is 3.42. The molecule has 1 aliphatic heterocycles. The summed E-state index contributed by atoms with van der Waals surface area (Å²) in [7, 11) is 3.37. The molecule has 0 saturated carbocycles. The molecule has 0 spiro atoms. The lowest BCUT2D eigenvalue weighted by atomic mass is 10.1. The number of benzene rings is 1. The topological polar surface area (TPSA) is 33.7 Å². The van der Waals surface area contributed by atoms with Crippen molar-refractivity contribution in [2.75, 3.05) is 33.9 Å². The van der Waals surface area contributed by atoms with Crippen molar-refractivity contribution in [2.24, 2.45) is 0 Å². The van der Waals surface area contributed by atoms with Crippen molar-refractivity contribution < 1.29 is 9.47 Å². The van der Waals surface area contributed by atoms with E-state index in [1.54, 1.807) is 14.2 Å². The van der Waals surface area contributed by atoms with Gasteiger partial charge in [-0.15, -0.1) is 0 Å². The summed E-state index contributed by atoms with van der Waals surface area (Å²) in [6, 6.07) is 4.46. The Labute approximate surface area is 123 Å². The molecule has 1 fully saturated rings. The van der Waals surface area contributed by atoms with E-state index in [0.29, 0.717) is 6.04 Å². The standard InChI is InChI=1S/C14H21BrN2O2/c1-10-8-17(5-4-16-10)9-12-13(15)6-11(18-2)7-14(12)19-3/h6-7,10,16H,4-5,8-9H2,1-3H3/t10-/m0/s1. The van der Waals surface area contributed by atoms with Crippen LogP contribution in [0.15, 0.2) is 16.6 Å². The molecular formula is C14H21BrN2O2. The third kappa shape index (κ3) is 3.61. The lowest BCUT2D eigenvalue weighted by Crippen LogP contribution is -2.48. The molecule has 0 aliphatic carbocycles. The Morgan fingerprint density at radius 1 is 1.37 bits per heavy atom. The monoisotopic (exact) mass is 328 g/mol. The quantitative estimate of drug-likeness (QED) is 0.919. The minimum Gasteiger partial charge on any atom is -0.497 e. The summed E-state index contributed by atoms with van der Waals surface area (Å²) in [5.41, 5.74) is 1.18. The van der Waals surface area contributed by atoms with Gasteiger partial charge in [0.1, 0.15) is 11.5 Å². The molecule has 0 radical (unpaired) electrons. The fraction of sp³-hybridized carbons (Fsp3) is 0.571. The van der Waals surface area contributed by atoms with Gasteiger partial charge in [-0.1, -0.05) is 15.9 Å². The van der Waals surface area contributed by atoms with Gasteiger partial charge in [0.25, 0.3) is 0 Å². The van der Waals surface area contributed by atoms with Crippen LogP contribution >= 0.6 is 15.9 Å². The van der Waals surface area contributed by atoms with Gasteiger partial charge < -0.3 is 14.8 Å². The van der Waals surface area contributed by atoms with Gasteiger partial charge in [-0.05, 0) is 13.0 Å². The largest absolute Gasteiger partial charge is 0.497 e. The number of halogens is 1. The van der Waals surface area contributed by atoms with Crippen molar-refractivity contribution >= 4 is 15.9 Å². The zero-order chi connectivity index (χ0) is 13.8. The molecule has 1 N–H and O–H groups in total. The molecule has 1 saturated heterocycles. The highest BCUT2D eigenvalue weighted by atomic mass is 79.9. The highest BCUT2D eigenvalue weighted by Crippen LogP contribution is 2.33. The lowest BCUT2D eigenvalue weighted by molar-refractivity contribution is 0.197. The summed E-state index contributed by atoms with van der Waals surface area (Å²) in [6.07, 6.45) is 0. The Bertz CT molecular complexity index is 440. The minimum atomic E-state index is 0.539. The van der Waals surface area contributed by atoms with E-state index < -0.39 is 0 Å². The van der Waals surface area contributed by atoms with E-state index in [9.17, 15) is 0 Å². The Kier molecular flexibility index (Phi) is 5.07. The van der Waals surface area contributed by atoms with Crippen molar-refractivity contribution in [1.82, 2.24) is 10.2 Å². The van der Waals surface area contributed by atoms with Crippen molar-refractivity contribution in [3.63, 3.8) is 0 Å². The van der Waals surface area contributed by atoms with Gasteiger partial charge in [0, 0.05) is 48.3 Å². The van der Waals surface area contributed by atoms with Gasteiger partial charge >= 0.3 is 0 Å². The summed E-state index contributed by atoms with van der Waals surface area (Å²) in [5, 5.41) is 3.45. The predicted molar refractivity (Wildman–Crippen MR) is 80.0 cm³/mol. The van der Waals surface area contributed by atoms with Gasteiger partial charge in [0.15, 0.2) is 0 Å². The average Bonchev–Trinajstić information content (AvgIpc) is 2.40. The number of ether oxygens (including phenoxy) is 2. The van der Waals surface area contributed by atoms with E-state index in [1.165, 1.54) is 5.56 Å². The van der Waals surface area contributed by atoms with Gasteiger partial charge in [-0.25, -0.2) is 0 Å². The van der Waals surface area contributed by atoms with Crippen LogP contribution in [0, 0.1) is 0 Å². The smallest absolute Gasteiger partial charge is 0.128 e. The van der Waals surface area contributed by atoms with Crippen molar-refractivity contribution in [2.45, 2.75) is 19.5 Å². The Morgan fingerprint density at radius 2 is 2.16 bits per heavy atom. The first-order chi connectivity index (χ1) is 9.13. The van der Waals surface area contributed by atoms with Crippen molar-refractivity contribution in [3.8, 4) is 11.5 Å². The summed E-state index contributed by atoms with van der Waals surface area (Å²) in [5.74, 6) is 1.68. The van der Waals surface area contributed by atoms with Gasteiger partial charge in [0.05, 0.1) is 14.2 Å². The predicted octanol–water partition coefficient (Wildman–Crippen LogP) is 2.26. The molecule has 0 aromatic heterocycles. The summed E-state index contributed by atoms with van der Waals surface area (Å²) < 4.78 is 11.8. The Balaban J connectivity index is 2.18. The molecule has 19 heavy (non-hydrogen) atoms. The molecule has 1 aromatic rings. The van der Waals surface area contributed by atoms with Crippen molar-refractivity contribution in [1.29, 1.82) is 0 Å². The van der Waals surface area contributed by atoms with Crippen LogP contribution in [0.4, 0.5) is 0 Å². The first kappa shape index (κ1) is 14.6. The Hall–Kier alpha value is -0.780. The van der Waals surface area contributed by atoms with Gasteiger partial charge in [0.2, 0.25) is 0 Å². The number of hydrogen-bond donors (Lipinski definition) is 1. The lowest BCUT2D eigenvalue weighted by Gasteiger charge is -2.32. The van der Waals surface area contributed by atoms with Crippen LogP contribution in [0.5, 0.6) is 11.5 Å². The molecule has 1 aromatic carbocycles. The van der Waals surface area contributed by atoms with Crippen LogP contribution in [0.1, 0.15) is 12.5 Å². The molecule has 1 aliphatic rings. The van der Waals surface area contributed by atoms with Gasteiger partial charge in [-0.3, -0.25) is 4.90 Å². The van der Waals surface area contributed by atoms with E-state index in [1.807, 2.05) is 12.1 Å². The van der Waals surface area contributed by atoms with E-state index in [2.05, 4.69) is 33.1 Å². The molecule has 1 heterocycles. The van der Waals surface area contributed by atoms with Crippen LogP contribution in [-0.2, 0) is 6.54 Å². The van der Waals surface area contributed by atoms with E-state index >= 15 is 0 Å². The molecule has 0 amide bonds. The summed E-state index contributed by atoms with van der Waals surface area (Å²) in [6.45, 7) is 6.26. The molecule has 106 valence electrons. The zero-order valence-electron chi connectivity index (χ0n) is 11.7. The molecule has 1 atom stereocenters. The van der Waals surface area contributed by atoms with E-state index in [0.717, 1.165) is 42.2 Å². The summed E-state index contributed by atoms with van der Waals surface area (Å²) in [4.78, 5) is 2.44. The second-order valence-corrected chi connectivity index (χ2v) is 5.73. The van der Waals surface area contributed by atoms with Crippen LogP contribution in [-0.4, -0.2) is 44.8 Å². The number of nitrogens with one attached hydrogen (secondary N) is 1. The molecular weight excluding hydrogens is 308 g/mol.